The van der Waals surface area contributed by atoms with E-state index in [0.717, 1.165) is 30.0 Å². The molecule has 1 aliphatic rings. The highest BCUT2D eigenvalue weighted by Gasteiger charge is 2.22. The van der Waals surface area contributed by atoms with E-state index in [1.807, 2.05) is 30.3 Å². The van der Waals surface area contributed by atoms with Crippen molar-refractivity contribution in [3.05, 3.63) is 40.9 Å². The summed E-state index contributed by atoms with van der Waals surface area (Å²) >= 11 is 1.39. The van der Waals surface area contributed by atoms with Gasteiger partial charge in [0.05, 0.1) is 6.42 Å². The molecule has 1 fully saturated rings. The molecule has 6 heteroatoms. The van der Waals surface area contributed by atoms with Crippen LogP contribution in [-0.2, 0) is 16.0 Å². The van der Waals surface area contributed by atoms with Gasteiger partial charge in [-0.1, -0.05) is 41.7 Å². The number of hydrogen-bond donors (Lipinski definition) is 1. The fourth-order valence-corrected chi connectivity index (χ4v) is 2.98. The van der Waals surface area contributed by atoms with Crippen LogP contribution >= 0.6 is 11.3 Å². The Balaban J connectivity index is 1.59. The second kappa shape index (κ2) is 6.11. The number of rotatable bonds is 4. The first-order valence-corrected chi connectivity index (χ1v) is 7.42. The van der Waals surface area contributed by atoms with Crippen molar-refractivity contribution in [3.8, 4) is 0 Å². The molecule has 0 aliphatic carbocycles. The molecule has 0 saturated carbocycles. The van der Waals surface area contributed by atoms with Gasteiger partial charge in [-0.05, 0) is 18.4 Å². The Kier molecular flexibility index (Phi) is 4.03. The summed E-state index contributed by atoms with van der Waals surface area (Å²) in [6, 6.07) is 9.63. The average Bonchev–Trinajstić information content (AvgIpc) is 3.10. The maximum atomic E-state index is 11.9. The van der Waals surface area contributed by atoms with Gasteiger partial charge in [-0.25, -0.2) is 0 Å². The van der Waals surface area contributed by atoms with Crippen molar-refractivity contribution in [1.29, 1.82) is 0 Å². The summed E-state index contributed by atoms with van der Waals surface area (Å²) in [4.78, 5) is 11.9. The highest BCUT2D eigenvalue weighted by Crippen LogP contribution is 2.31. The summed E-state index contributed by atoms with van der Waals surface area (Å²) < 4.78 is 5.55. The van der Waals surface area contributed by atoms with E-state index in [1.54, 1.807) is 0 Å². The normalized spacial score (nSPS) is 18.1. The number of benzene rings is 1. The second-order valence-electron chi connectivity index (χ2n) is 4.66. The van der Waals surface area contributed by atoms with Gasteiger partial charge in [-0.15, -0.1) is 10.2 Å². The molecule has 1 amide bonds. The van der Waals surface area contributed by atoms with Crippen LogP contribution in [0, 0.1) is 0 Å². The van der Waals surface area contributed by atoms with Crippen LogP contribution in [0.2, 0.25) is 0 Å². The number of carbonyl (C=O) groups excluding carboxylic acids is 1. The second-order valence-corrected chi connectivity index (χ2v) is 5.67. The quantitative estimate of drug-likeness (QED) is 0.939. The first kappa shape index (κ1) is 13.2. The minimum absolute atomic E-state index is 0.0484. The Morgan fingerprint density at radius 1 is 1.35 bits per heavy atom. The Hall–Kier alpha value is -1.79. The third-order valence-corrected chi connectivity index (χ3v) is 4.03. The van der Waals surface area contributed by atoms with E-state index in [9.17, 15) is 4.79 Å². The van der Waals surface area contributed by atoms with E-state index in [4.69, 9.17) is 4.74 Å². The number of anilines is 1. The predicted molar refractivity (Wildman–Crippen MR) is 76.6 cm³/mol. The largest absolute Gasteiger partial charge is 0.371 e. The molecule has 104 valence electrons. The van der Waals surface area contributed by atoms with Crippen LogP contribution in [0.1, 0.15) is 29.5 Å². The van der Waals surface area contributed by atoms with E-state index in [0.29, 0.717) is 11.6 Å². The van der Waals surface area contributed by atoms with Crippen LogP contribution in [0.5, 0.6) is 0 Å². The van der Waals surface area contributed by atoms with Crippen molar-refractivity contribution in [1.82, 2.24) is 10.2 Å². The average molecular weight is 289 g/mol. The first-order valence-electron chi connectivity index (χ1n) is 6.60. The van der Waals surface area contributed by atoms with Gasteiger partial charge in [0.1, 0.15) is 11.1 Å². The minimum atomic E-state index is -0.0776. The molecule has 1 saturated heterocycles. The number of amides is 1. The monoisotopic (exact) mass is 289 g/mol. The Morgan fingerprint density at radius 2 is 2.20 bits per heavy atom. The van der Waals surface area contributed by atoms with Gasteiger partial charge in [-0.2, -0.15) is 0 Å². The Bertz CT molecular complexity index is 579. The molecule has 1 aromatic carbocycles. The van der Waals surface area contributed by atoms with E-state index in [2.05, 4.69) is 15.5 Å². The van der Waals surface area contributed by atoms with E-state index < -0.39 is 0 Å². The molecule has 0 unspecified atom stereocenters. The van der Waals surface area contributed by atoms with Crippen LogP contribution in [0.4, 0.5) is 5.13 Å². The minimum Gasteiger partial charge on any atom is -0.371 e. The van der Waals surface area contributed by atoms with Crippen LogP contribution < -0.4 is 5.32 Å². The molecule has 1 atom stereocenters. The molecule has 5 nitrogen and oxygen atoms in total. The molecule has 1 aromatic heterocycles. The fraction of sp³-hybridized carbons (Fsp3) is 0.357. The molecule has 1 N–H and O–H groups in total. The van der Waals surface area contributed by atoms with Crippen LogP contribution in [-0.4, -0.2) is 22.7 Å². The summed E-state index contributed by atoms with van der Waals surface area (Å²) in [5, 5.41) is 12.3. The number of nitrogens with one attached hydrogen (secondary N) is 1. The van der Waals surface area contributed by atoms with Gasteiger partial charge in [0.2, 0.25) is 11.0 Å². The van der Waals surface area contributed by atoms with Gasteiger partial charge < -0.3 is 10.1 Å². The SMILES string of the molecule is O=C(Cc1ccccc1)Nc1nnc([C@H]2CCCO2)s1. The number of carbonyl (C=O) groups is 1. The van der Waals surface area contributed by atoms with Gasteiger partial charge in [-0.3, -0.25) is 4.79 Å². The van der Waals surface area contributed by atoms with Crippen LogP contribution in [0.25, 0.3) is 0 Å². The molecule has 20 heavy (non-hydrogen) atoms. The summed E-state index contributed by atoms with van der Waals surface area (Å²) in [7, 11) is 0. The maximum Gasteiger partial charge on any atom is 0.230 e. The number of hydrogen-bond acceptors (Lipinski definition) is 5. The third kappa shape index (κ3) is 3.20. The smallest absolute Gasteiger partial charge is 0.230 e. The summed E-state index contributed by atoms with van der Waals surface area (Å²) in [6.07, 6.45) is 2.43. The predicted octanol–water partition coefficient (Wildman–Crippen LogP) is 2.57. The van der Waals surface area contributed by atoms with Crippen molar-refractivity contribution in [2.24, 2.45) is 0 Å². The van der Waals surface area contributed by atoms with Crippen molar-refractivity contribution >= 4 is 22.4 Å². The molecule has 0 radical (unpaired) electrons. The van der Waals surface area contributed by atoms with Gasteiger partial charge in [0.25, 0.3) is 0 Å². The summed E-state index contributed by atoms with van der Waals surface area (Å²) in [6.45, 7) is 0.778. The topological polar surface area (TPSA) is 64.1 Å². The van der Waals surface area contributed by atoms with Crippen molar-refractivity contribution < 1.29 is 9.53 Å². The van der Waals surface area contributed by atoms with Crippen molar-refractivity contribution in [3.63, 3.8) is 0 Å². The fourth-order valence-electron chi connectivity index (χ4n) is 2.13. The lowest BCUT2D eigenvalue weighted by Gasteiger charge is -2.02. The van der Waals surface area contributed by atoms with Crippen LogP contribution in [0.15, 0.2) is 30.3 Å². The lowest BCUT2D eigenvalue weighted by molar-refractivity contribution is -0.115. The molecule has 1 aliphatic heterocycles. The number of ether oxygens (including phenoxy) is 1. The highest BCUT2D eigenvalue weighted by molar-refractivity contribution is 7.15. The number of nitrogens with zero attached hydrogens (tertiary/aromatic N) is 2. The highest BCUT2D eigenvalue weighted by atomic mass is 32.1. The molecule has 2 aromatic rings. The maximum absolute atomic E-state index is 11.9. The Morgan fingerprint density at radius 3 is 2.95 bits per heavy atom. The lowest BCUT2D eigenvalue weighted by Crippen LogP contribution is -2.14. The summed E-state index contributed by atoms with van der Waals surface area (Å²) in [5.74, 6) is -0.0776. The van der Waals surface area contributed by atoms with Crippen molar-refractivity contribution in [2.75, 3.05) is 11.9 Å². The van der Waals surface area contributed by atoms with E-state index in [1.165, 1.54) is 11.3 Å². The molecule has 2 heterocycles. The van der Waals surface area contributed by atoms with E-state index in [-0.39, 0.29) is 12.0 Å². The molecule has 3 rings (SSSR count). The Labute approximate surface area is 121 Å². The number of aromatic nitrogens is 2. The van der Waals surface area contributed by atoms with E-state index >= 15 is 0 Å². The molecular weight excluding hydrogens is 274 g/mol. The third-order valence-electron chi connectivity index (χ3n) is 3.10. The lowest BCUT2D eigenvalue weighted by atomic mass is 10.1. The van der Waals surface area contributed by atoms with Gasteiger partial charge in [0, 0.05) is 6.61 Å². The first-order chi connectivity index (χ1) is 9.81. The molecular formula is C14H15N3O2S. The zero-order chi connectivity index (χ0) is 13.8. The molecule has 0 bridgehead atoms. The molecule has 0 spiro atoms. The van der Waals surface area contributed by atoms with Gasteiger partial charge in [0.15, 0.2) is 0 Å². The van der Waals surface area contributed by atoms with Crippen molar-refractivity contribution in [2.45, 2.75) is 25.4 Å². The van der Waals surface area contributed by atoms with Crippen LogP contribution in [0.3, 0.4) is 0 Å². The zero-order valence-corrected chi connectivity index (χ0v) is 11.7. The zero-order valence-electron chi connectivity index (χ0n) is 10.9. The van der Waals surface area contributed by atoms with Gasteiger partial charge >= 0.3 is 0 Å². The summed E-state index contributed by atoms with van der Waals surface area (Å²) in [5.41, 5.74) is 0.980. The standard InChI is InChI=1S/C14H15N3O2S/c18-12(9-10-5-2-1-3-6-10)15-14-17-16-13(20-14)11-7-4-8-19-11/h1-3,5-6,11H,4,7-9H2,(H,15,17,18)/t11-/m1/s1.